The normalized spacial score (nSPS) is 11.2. The largest absolute Gasteiger partial charge is 0.303 e. The Morgan fingerprint density at radius 1 is 0.800 bits per heavy atom. The maximum atomic E-state index is 10.2. The first-order chi connectivity index (χ1) is 9.85. The van der Waals surface area contributed by atoms with Gasteiger partial charge in [-0.25, -0.2) is 0 Å². The fourth-order valence-electron chi connectivity index (χ4n) is 2.17. The first-order valence-electron chi connectivity index (χ1n) is 8.66. The standard InChI is InChI=1S/C17H35NOS/c1-3-5-7-11-15-18(14-6-4-2)20-17-13-10-8-9-12-16-19/h16H,3-15,17H2,1-2H3. The lowest BCUT2D eigenvalue weighted by Crippen LogP contribution is -2.19. The van der Waals surface area contributed by atoms with Crippen LogP contribution in [0.5, 0.6) is 0 Å². The third kappa shape index (κ3) is 14.4. The van der Waals surface area contributed by atoms with Gasteiger partial charge in [0, 0.05) is 25.3 Å². The number of nitrogens with zero attached hydrogens (tertiary/aromatic N) is 1. The molecule has 3 heteroatoms. The minimum atomic E-state index is 0.743. The number of carbonyl (C=O) groups excluding carboxylic acids is 1. The summed E-state index contributed by atoms with van der Waals surface area (Å²) in [4.78, 5) is 10.2. The first kappa shape index (κ1) is 20.0. The van der Waals surface area contributed by atoms with Crippen molar-refractivity contribution in [3.8, 4) is 0 Å². The Balaban J connectivity index is 3.55. The maximum absolute atomic E-state index is 10.2. The van der Waals surface area contributed by atoms with E-state index < -0.39 is 0 Å². The summed E-state index contributed by atoms with van der Waals surface area (Å²) in [7, 11) is 0. The average molecular weight is 302 g/mol. The molecule has 0 rings (SSSR count). The zero-order valence-electron chi connectivity index (χ0n) is 13.7. The molecule has 0 unspecified atom stereocenters. The highest BCUT2D eigenvalue weighted by Crippen LogP contribution is 2.16. The number of carbonyl (C=O) groups is 1. The Labute approximate surface area is 131 Å². The molecule has 120 valence electrons. The molecule has 0 aliphatic heterocycles. The van der Waals surface area contributed by atoms with E-state index in [0.717, 1.165) is 19.1 Å². The minimum absolute atomic E-state index is 0.743. The van der Waals surface area contributed by atoms with Crippen molar-refractivity contribution >= 4 is 18.2 Å². The topological polar surface area (TPSA) is 20.3 Å². The highest BCUT2D eigenvalue weighted by molar-refractivity contribution is 7.97. The van der Waals surface area contributed by atoms with Gasteiger partial charge < -0.3 is 4.79 Å². The molecule has 0 saturated heterocycles. The lowest BCUT2D eigenvalue weighted by atomic mass is 10.2. The smallest absolute Gasteiger partial charge is 0.119 e. The average Bonchev–Trinajstić information content (AvgIpc) is 2.47. The molecule has 0 heterocycles. The second kappa shape index (κ2) is 17.0. The molecule has 0 radical (unpaired) electrons. The van der Waals surface area contributed by atoms with Gasteiger partial charge in [0.05, 0.1) is 0 Å². The van der Waals surface area contributed by atoms with Crippen molar-refractivity contribution in [1.29, 1.82) is 0 Å². The molecule has 0 aromatic rings. The van der Waals surface area contributed by atoms with Crippen molar-refractivity contribution in [2.75, 3.05) is 18.8 Å². The van der Waals surface area contributed by atoms with Crippen molar-refractivity contribution in [3.05, 3.63) is 0 Å². The molecule has 20 heavy (non-hydrogen) atoms. The lowest BCUT2D eigenvalue weighted by Gasteiger charge is -2.20. The number of hydrogen-bond acceptors (Lipinski definition) is 3. The van der Waals surface area contributed by atoms with Gasteiger partial charge in [-0.3, -0.25) is 4.31 Å². The molecule has 0 N–H and O–H groups in total. The summed E-state index contributed by atoms with van der Waals surface area (Å²) in [6, 6.07) is 0. The zero-order valence-corrected chi connectivity index (χ0v) is 14.6. The van der Waals surface area contributed by atoms with Gasteiger partial charge in [0.15, 0.2) is 0 Å². The monoisotopic (exact) mass is 301 g/mol. The SMILES string of the molecule is CCCCCCN(CCCC)SCCCCCCC=O. The summed E-state index contributed by atoms with van der Waals surface area (Å²) < 4.78 is 2.59. The number of hydrogen-bond donors (Lipinski definition) is 0. The number of unbranched alkanes of at least 4 members (excludes halogenated alkanes) is 8. The molecule has 0 aliphatic carbocycles. The van der Waals surface area contributed by atoms with Gasteiger partial charge in [-0.2, -0.15) is 0 Å². The van der Waals surface area contributed by atoms with Crippen LogP contribution in [0, 0.1) is 0 Å². The Morgan fingerprint density at radius 2 is 1.45 bits per heavy atom. The van der Waals surface area contributed by atoms with E-state index in [2.05, 4.69) is 18.2 Å². The Bertz CT molecular complexity index is 199. The van der Waals surface area contributed by atoms with Crippen molar-refractivity contribution in [2.45, 2.75) is 84.5 Å². The van der Waals surface area contributed by atoms with Crippen LogP contribution in [-0.2, 0) is 4.79 Å². The van der Waals surface area contributed by atoms with Gasteiger partial charge in [-0.05, 0) is 25.7 Å². The predicted molar refractivity (Wildman–Crippen MR) is 92.2 cm³/mol. The van der Waals surface area contributed by atoms with E-state index in [0.29, 0.717) is 0 Å². The molecule has 0 fully saturated rings. The van der Waals surface area contributed by atoms with Crippen molar-refractivity contribution in [1.82, 2.24) is 4.31 Å². The summed E-state index contributed by atoms with van der Waals surface area (Å²) in [5, 5.41) is 0. The van der Waals surface area contributed by atoms with Crippen molar-refractivity contribution < 1.29 is 4.79 Å². The summed E-state index contributed by atoms with van der Waals surface area (Å²) in [6.45, 7) is 7.05. The molecular formula is C17H35NOS. The molecule has 0 bridgehead atoms. The summed E-state index contributed by atoms with van der Waals surface area (Å²) in [5.41, 5.74) is 0. The molecule has 0 aliphatic rings. The molecule has 0 amide bonds. The van der Waals surface area contributed by atoms with Crippen LogP contribution in [0.25, 0.3) is 0 Å². The highest BCUT2D eigenvalue weighted by atomic mass is 32.2. The summed E-state index contributed by atoms with van der Waals surface area (Å²) in [5.74, 6) is 1.25. The van der Waals surface area contributed by atoms with Gasteiger partial charge in [-0.1, -0.05) is 64.3 Å². The fourth-order valence-corrected chi connectivity index (χ4v) is 3.28. The molecule has 0 aromatic carbocycles. The maximum Gasteiger partial charge on any atom is 0.119 e. The second-order valence-corrected chi connectivity index (χ2v) is 6.73. The molecule has 0 aromatic heterocycles. The van der Waals surface area contributed by atoms with E-state index in [1.165, 1.54) is 76.6 Å². The second-order valence-electron chi connectivity index (χ2n) is 5.55. The van der Waals surface area contributed by atoms with Gasteiger partial charge in [0.25, 0.3) is 0 Å². The van der Waals surface area contributed by atoms with E-state index in [1.54, 1.807) is 0 Å². The molecule has 0 atom stereocenters. The van der Waals surface area contributed by atoms with Crippen LogP contribution in [-0.4, -0.2) is 29.4 Å². The van der Waals surface area contributed by atoms with Gasteiger partial charge in [0.1, 0.15) is 6.29 Å². The van der Waals surface area contributed by atoms with Gasteiger partial charge >= 0.3 is 0 Å². The van der Waals surface area contributed by atoms with Gasteiger partial charge in [0.2, 0.25) is 0 Å². The third-order valence-corrected chi connectivity index (χ3v) is 4.71. The van der Waals surface area contributed by atoms with Crippen LogP contribution in [0.3, 0.4) is 0 Å². The molecule has 2 nitrogen and oxygen atoms in total. The van der Waals surface area contributed by atoms with E-state index in [-0.39, 0.29) is 0 Å². The van der Waals surface area contributed by atoms with E-state index in [9.17, 15) is 4.79 Å². The molecular weight excluding hydrogens is 266 g/mol. The fraction of sp³-hybridized carbons (Fsp3) is 0.941. The Kier molecular flexibility index (Phi) is 17.0. The van der Waals surface area contributed by atoms with Crippen molar-refractivity contribution in [2.24, 2.45) is 0 Å². The summed E-state index contributed by atoms with van der Waals surface area (Å²) in [6.07, 6.45) is 14.7. The summed E-state index contributed by atoms with van der Waals surface area (Å²) >= 11 is 2.05. The minimum Gasteiger partial charge on any atom is -0.303 e. The zero-order chi connectivity index (χ0) is 14.9. The van der Waals surface area contributed by atoms with E-state index >= 15 is 0 Å². The number of aldehydes is 1. The van der Waals surface area contributed by atoms with E-state index in [1.807, 2.05) is 11.9 Å². The number of rotatable bonds is 16. The predicted octanol–water partition coefficient (Wildman–Crippen LogP) is 5.47. The quantitative estimate of drug-likeness (QED) is 0.214. The third-order valence-electron chi connectivity index (χ3n) is 3.51. The van der Waals surface area contributed by atoms with Crippen molar-refractivity contribution in [3.63, 3.8) is 0 Å². The first-order valence-corrected chi connectivity index (χ1v) is 9.60. The van der Waals surface area contributed by atoms with Gasteiger partial charge in [-0.15, -0.1) is 0 Å². The highest BCUT2D eigenvalue weighted by Gasteiger charge is 2.04. The van der Waals surface area contributed by atoms with Crippen LogP contribution in [0.4, 0.5) is 0 Å². The van der Waals surface area contributed by atoms with E-state index in [4.69, 9.17) is 0 Å². The Morgan fingerprint density at radius 3 is 2.15 bits per heavy atom. The van der Waals surface area contributed by atoms with Crippen LogP contribution in [0.15, 0.2) is 0 Å². The van der Waals surface area contributed by atoms with Crippen LogP contribution < -0.4 is 0 Å². The molecule has 0 saturated carbocycles. The van der Waals surface area contributed by atoms with Crippen LogP contribution >= 0.6 is 11.9 Å². The Hall–Kier alpha value is -0.0200. The van der Waals surface area contributed by atoms with Crippen LogP contribution in [0.2, 0.25) is 0 Å². The van der Waals surface area contributed by atoms with Crippen LogP contribution in [0.1, 0.15) is 84.5 Å². The molecule has 0 spiro atoms. The lowest BCUT2D eigenvalue weighted by molar-refractivity contribution is -0.107.